The van der Waals surface area contributed by atoms with E-state index in [9.17, 15) is 4.79 Å². The van der Waals surface area contributed by atoms with Gasteiger partial charge in [0.25, 0.3) is 0 Å². The third-order valence-electron chi connectivity index (χ3n) is 3.04. The fraction of sp³-hybridized carbons (Fsp3) is 0.812. The van der Waals surface area contributed by atoms with E-state index in [1.54, 1.807) is 13.8 Å². The Morgan fingerprint density at radius 2 is 2.00 bits per heavy atom. The largest absolute Gasteiger partial charge is 0.345 e. The van der Waals surface area contributed by atoms with Gasteiger partial charge in [-0.2, -0.15) is 4.89 Å². The number of carbonyl (C=O) groups excluding carboxylic acids is 1. The summed E-state index contributed by atoms with van der Waals surface area (Å²) in [6.45, 7) is 9.37. The minimum absolute atomic E-state index is 0.104. The Balaban J connectivity index is 4.09. The molecule has 0 bridgehead atoms. The summed E-state index contributed by atoms with van der Waals surface area (Å²) >= 11 is 0. The van der Waals surface area contributed by atoms with Crippen molar-refractivity contribution in [2.45, 2.75) is 65.9 Å². The van der Waals surface area contributed by atoms with Crippen molar-refractivity contribution in [2.75, 3.05) is 6.61 Å². The van der Waals surface area contributed by atoms with Gasteiger partial charge < -0.3 is 0 Å². The van der Waals surface area contributed by atoms with Crippen molar-refractivity contribution >= 4 is 5.97 Å². The van der Waals surface area contributed by atoms with Crippen LogP contribution in [0.15, 0.2) is 0 Å². The molecule has 5 heteroatoms. The zero-order valence-corrected chi connectivity index (χ0v) is 13.8. The number of carbonyl (C=O) groups is 1. The van der Waals surface area contributed by atoms with Crippen LogP contribution < -0.4 is 0 Å². The molecule has 1 N–H and O–H groups in total. The first-order chi connectivity index (χ1) is 9.86. The maximum Gasteiger partial charge on any atom is 0.345 e. The molecule has 0 aliphatic heterocycles. The molecule has 2 unspecified atom stereocenters. The van der Waals surface area contributed by atoms with E-state index in [0.29, 0.717) is 0 Å². The molecule has 122 valence electrons. The van der Waals surface area contributed by atoms with E-state index in [1.807, 2.05) is 13.8 Å². The molecule has 0 spiro atoms. The molecule has 0 saturated heterocycles. The maximum atomic E-state index is 11.8. The van der Waals surface area contributed by atoms with E-state index in [-0.39, 0.29) is 24.4 Å². The van der Waals surface area contributed by atoms with E-state index < -0.39 is 5.60 Å². The average molecular weight is 300 g/mol. The zero-order valence-electron chi connectivity index (χ0n) is 13.8. The van der Waals surface area contributed by atoms with Gasteiger partial charge in [-0.15, -0.1) is 0 Å². The highest BCUT2D eigenvalue weighted by Gasteiger charge is 2.19. The lowest BCUT2D eigenvalue weighted by Gasteiger charge is -2.13. The summed E-state index contributed by atoms with van der Waals surface area (Å²) in [4.78, 5) is 25.8. The minimum Gasteiger partial charge on any atom is -0.298 e. The lowest BCUT2D eigenvalue weighted by molar-refractivity contribution is -0.293. The van der Waals surface area contributed by atoms with Crippen LogP contribution in [-0.4, -0.2) is 23.4 Å². The number of hydrogen-bond acceptors (Lipinski definition) is 5. The maximum absolute atomic E-state index is 11.8. The van der Waals surface area contributed by atoms with Crippen LogP contribution in [0.5, 0.6) is 0 Å². The Morgan fingerprint density at radius 3 is 2.52 bits per heavy atom. The Hall–Kier alpha value is -1.09. The van der Waals surface area contributed by atoms with Crippen LogP contribution in [0.3, 0.4) is 0 Å². The molecule has 0 aliphatic carbocycles. The second-order valence-corrected chi connectivity index (χ2v) is 5.71. The topological polar surface area (TPSA) is 65.0 Å². The second-order valence-electron chi connectivity index (χ2n) is 5.71. The standard InChI is InChI=1S/C16H28O5/c1-6-8-9-14(7-2)15(17)20-19-12-13(3)10-11-16(4,5)21-18/h13-14,18H,6-9,12H2,1-5H3. The summed E-state index contributed by atoms with van der Waals surface area (Å²) in [5.41, 5.74) is -0.918. The Morgan fingerprint density at radius 1 is 1.33 bits per heavy atom. The summed E-state index contributed by atoms with van der Waals surface area (Å²) in [5.74, 6) is 5.08. The number of hydrogen-bond donors (Lipinski definition) is 1. The molecule has 0 amide bonds. The van der Waals surface area contributed by atoms with Crippen LogP contribution in [0, 0.1) is 23.7 Å². The summed E-state index contributed by atoms with van der Waals surface area (Å²) in [7, 11) is 0. The Kier molecular flexibility index (Phi) is 10.1. The molecule has 21 heavy (non-hydrogen) atoms. The fourth-order valence-corrected chi connectivity index (χ4v) is 1.56. The van der Waals surface area contributed by atoms with Gasteiger partial charge in [0.2, 0.25) is 0 Å². The first-order valence-corrected chi connectivity index (χ1v) is 7.54. The van der Waals surface area contributed by atoms with Crippen LogP contribution >= 0.6 is 0 Å². The molecule has 0 heterocycles. The van der Waals surface area contributed by atoms with Crippen molar-refractivity contribution in [1.82, 2.24) is 0 Å². The highest BCUT2D eigenvalue weighted by molar-refractivity contribution is 5.71. The van der Waals surface area contributed by atoms with Crippen LogP contribution in [0.25, 0.3) is 0 Å². The van der Waals surface area contributed by atoms with E-state index in [1.165, 1.54) is 0 Å². The van der Waals surface area contributed by atoms with Gasteiger partial charge in [-0.1, -0.05) is 38.5 Å². The second kappa shape index (κ2) is 10.6. The first kappa shape index (κ1) is 19.9. The van der Waals surface area contributed by atoms with Crippen molar-refractivity contribution in [2.24, 2.45) is 11.8 Å². The third kappa shape index (κ3) is 9.46. The Labute approximate surface area is 127 Å². The minimum atomic E-state index is -0.918. The quantitative estimate of drug-likeness (QED) is 0.400. The highest BCUT2D eigenvalue weighted by atomic mass is 17.2. The van der Waals surface area contributed by atoms with E-state index >= 15 is 0 Å². The van der Waals surface area contributed by atoms with E-state index in [4.69, 9.17) is 15.0 Å². The summed E-state index contributed by atoms with van der Waals surface area (Å²) < 4.78 is 0. The fourth-order valence-electron chi connectivity index (χ4n) is 1.56. The summed E-state index contributed by atoms with van der Waals surface area (Å²) in [6, 6.07) is 0. The van der Waals surface area contributed by atoms with E-state index in [2.05, 4.69) is 23.7 Å². The van der Waals surface area contributed by atoms with Crippen LogP contribution in [0.2, 0.25) is 0 Å². The summed E-state index contributed by atoms with van der Waals surface area (Å²) in [6.07, 6.45) is 3.64. The van der Waals surface area contributed by atoms with Crippen LogP contribution in [0.4, 0.5) is 0 Å². The number of rotatable bonds is 9. The molecule has 0 aromatic rings. The van der Waals surface area contributed by atoms with E-state index in [0.717, 1.165) is 25.7 Å². The van der Waals surface area contributed by atoms with Gasteiger partial charge in [-0.05, 0) is 33.6 Å². The van der Waals surface area contributed by atoms with Gasteiger partial charge in [0, 0.05) is 5.92 Å². The lowest BCUT2D eigenvalue weighted by atomic mass is 10.00. The predicted octanol–water partition coefficient (Wildman–Crippen LogP) is 3.59. The van der Waals surface area contributed by atoms with Crippen molar-refractivity contribution in [1.29, 1.82) is 0 Å². The predicted molar refractivity (Wildman–Crippen MR) is 80.1 cm³/mol. The van der Waals surface area contributed by atoms with Gasteiger partial charge in [0.05, 0.1) is 5.92 Å². The van der Waals surface area contributed by atoms with Crippen LogP contribution in [-0.2, 0) is 19.5 Å². The van der Waals surface area contributed by atoms with Gasteiger partial charge in [0.1, 0.15) is 6.61 Å². The average Bonchev–Trinajstić information content (AvgIpc) is 2.46. The normalized spacial score (nSPS) is 14.0. The van der Waals surface area contributed by atoms with Crippen molar-refractivity contribution in [3.8, 4) is 11.8 Å². The van der Waals surface area contributed by atoms with Crippen molar-refractivity contribution in [3.05, 3.63) is 0 Å². The molecule has 0 aromatic heterocycles. The van der Waals surface area contributed by atoms with Crippen molar-refractivity contribution in [3.63, 3.8) is 0 Å². The zero-order chi connectivity index (χ0) is 16.3. The van der Waals surface area contributed by atoms with Gasteiger partial charge in [-0.25, -0.2) is 9.68 Å². The van der Waals surface area contributed by atoms with Crippen LogP contribution in [0.1, 0.15) is 60.3 Å². The molecular weight excluding hydrogens is 272 g/mol. The smallest absolute Gasteiger partial charge is 0.298 e. The monoisotopic (exact) mass is 300 g/mol. The lowest BCUT2D eigenvalue weighted by Crippen LogP contribution is -2.21. The third-order valence-corrected chi connectivity index (χ3v) is 3.04. The summed E-state index contributed by atoms with van der Waals surface area (Å²) in [5, 5.41) is 8.61. The van der Waals surface area contributed by atoms with Gasteiger partial charge in [-0.3, -0.25) is 10.1 Å². The Bertz CT molecular complexity index is 353. The van der Waals surface area contributed by atoms with Gasteiger partial charge in [0.15, 0.2) is 5.60 Å². The highest BCUT2D eigenvalue weighted by Crippen LogP contribution is 2.14. The first-order valence-electron chi connectivity index (χ1n) is 7.54. The molecule has 0 rings (SSSR count). The molecule has 0 saturated carbocycles. The van der Waals surface area contributed by atoms with Crippen molar-refractivity contribution < 1.29 is 24.7 Å². The molecule has 5 nitrogen and oxygen atoms in total. The molecule has 0 fully saturated rings. The molecule has 0 aromatic carbocycles. The molecule has 0 radical (unpaired) electrons. The van der Waals surface area contributed by atoms with Gasteiger partial charge >= 0.3 is 5.97 Å². The molecule has 2 atom stereocenters. The number of unbranched alkanes of at least 4 members (excludes halogenated alkanes) is 1. The molecule has 0 aliphatic rings. The SMILES string of the molecule is CCCCC(CC)C(=O)OOCC(C)C#CC(C)(C)OO. The molecular formula is C16H28O5.